The van der Waals surface area contributed by atoms with Crippen LogP contribution in [0.4, 0.5) is 0 Å². The molecule has 1 aliphatic heterocycles. The van der Waals surface area contributed by atoms with Crippen LogP contribution in [0.5, 0.6) is 0 Å². The van der Waals surface area contributed by atoms with Gasteiger partial charge in [0.1, 0.15) is 0 Å². The van der Waals surface area contributed by atoms with Crippen molar-refractivity contribution in [1.29, 1.82) is 0 Å². The normalized spacial score (nSPS) is 18.1. The molecule has 0 saturated carbocycles. The third kappa shape index (κ3) is 3.37. The number of carbonyl (C=O) groups excluding carboxylic acids is 1. The molecule has 0 radical (unpaired) electrons. The van der Waals surface area contributed by atoms with E-state index in [1.54, 1.807) is 6.20 Å². The molecule has 0 aromatic carbocycles. The summed E-state index contributed by atoms with van der Waals surface area (Å²) in [6.45, 7) is 5.80. The minimum absolute atomic E-state index is 0.0300. The number of likely N-dealkylation sites (tertiary alicyclic amines) is 1. The maximum atomic E-state index is 12.3. The van der Waals surface area contributed by atoms with Gasteiger partial charge in [-0.15, -0.1) is 0 Å². The Balaban J connectivity index is 1.90. The summed E-state index contributed by atoms with van der Waals surface area (Å²) in [5, 5.41) is 9.52. The van der Waals surface area contributed by atoms with Crippen LogP contribution in [0.2, 0.25) is 0 Å². The van der Waals surface area contributed by atoms with Crippen LogP contribution < -0.4 is 0 Å². The summed E-state index contributed by atoms with van der Waals surface area (Å²) in [5.74, 6) is 0.165. The van der Waals surface area contributed by atoms with Crippen LogP contribution >= 0.6 is 0 Å². The van der Waals surface area contributed by atoms with Crippen LogP contribution in [0.25, 0.3) is 0 Å². The number of aromatic nitrogens is 1. The number of nitrogens with zero attached hydrogens (tertiary/aromatic N) is 2. The highest BCUT2D eigenvalue weighted by Crippen LogP contribution is 2.34. The number of aryl methyl sites for hydroxylation is 1. The van der Waals surface area contributed by atoms with Gasteiger partial charge in [-0.3, -0.25) is 9.78 Å². The molecule has 20 heavy (non-hydrogen) atoms. The molecule has 1 saturated heterocycles. The lowest BCUT2D eigenvalue weighted by molar-refractivity contribution is -0.133. The van der Waals surface area contributed by atoms with Crippen LogP contribution in [0, 0.1) is 12.3 Å². The smallest absolute Gasteiger partial charge is 0.227 e. The molecule has 2 rings (SSSR count). The van der Waals surface area contributed by atoms with Gasteiger partial charge in [0.25, 0.3) is 0 Å². The summed E-state index contributed by atoms with van der Waals surface area (Å²) in [6.07, 6.45) is 4.98. The van der Waals surface area contributed by atoms with Gasteiger partial charge in [0.05, 0.1) is 6.42 Å². The third-order valence-corrected chi connectivity index (χ3v) is 4.59. The van der Waals surface area contributed by atoms with E-state index in [1.165, 1.54) is 0 Å². The molecule has 1 aromatic heterocycles. The number of carbonyl (C=O) groups is 1. The molecular weight excluding hydrogens is 252 g/mol. The lowest BCUT2D eigenvalue weighted by Crippen LogP contribution is -2.45. The number of aliphatic hydroxyl groups is 1. The van der Waals surface area contributed by atoms with Crippen LogP contribution in [0.15, 0.2) is 18.3 Å². The molecule has 4 nitrogen and oxygen atoms in total. The molecule has 0 bridgehead atoms. The number of hydrogen-bond acceptors (Lipinski definition) is 3. The standard InChI is InChI=1S/C16H24N2O2/c1-3-16(12-19)6-8-18(9-7-16)15(20)10-14-5-4-13(2)17-11-14/h4-5,11,19H,3,6-10,12H2,1-2H3. The highest BCUT2D eigenvalue weighted by molar-refractivity contribution is 5.78. The minimum atomic E-state index is 0.0300. The predicted molar refractivity (Wildman–Crippen MR) is 78.3 cm³/mol. The third-order valence-electron chi connectivity index (χ3n) is 4.59. The van der Waals surface area contributed by atoms with Gasteiger partial charge in [-0.2, -0.15) is 0 Å². The highest BCUT2D eigenvalue weighted by Gasteiger charge is 2.33. The van der Waals surface area contributed by atoms with Crippen LogP contribution in [0.1, 0.15) is 37.4 Å². The van der Waals surface area contributed by atoms with E-state index in [0.717, 1.165) is 43.6 Å². The van der Waals surface area contributed by atoms with Gasteiger partial charge < -0.3 is 10.0 Å². The second-order valence-corrected chi connectivity index (χ2v) is 5.88. The Kier molecular flexibility index (Phi) is 4.76. The zero-order chi connectivity index (χ0) is 14.6. The van der Waals surface area contributed by atoms with E-state index >= 15 is 0 Å². The Labute approximate surface area is 120 Å². The summed E-state index contributed by atoms with van der Waals surface area (Å²) in [6, 6.07) is 3.90. The Morgan fingerprint density at radius 2 is 2.10 bits per heavy atom. The number of pyridine rings is 1. The zero-order valence-electron chi connectivity index (χ0n) is 12.4. The van der Waals surface area contributed by atoms with Crippen molar-refractivity contribution < 1.29 is 9.90 Å². The average Bonchev–Trinajstić information content (AvgIpc) is 2.49. The lowest BCUT2D eigenvalue weighted by atomic mass is 9.77. The molecule has 0 aliphatic carbocycles. The van der Waals surface area contributed by atoms with E-state index in [1.807, 2.05) is 24.0 Å². The Bertz CT molecular complexity index is 442. The topological polar surface area (TPSA) is 53.4 Å². The van der Waals surface area contributed by atoms with Crippen molar-refractivity contribution in [3.8, 4) is 0 Å². The molecule has 1 amide bonds. The van der Waals surface area contributed by atoms with E-state index in [2.05, 4.69) is 11.9 Å². The first kappa shape index (κ1) is 15.0. The molecular formula is C16H24N2O2. The Morgan fingerprint density at radius 3 is 2.60 bits per heavy atom. The number of rotatable bonds is 4. The SMILES string of the molecule is CCC1(CO)CCN(C(=O)Cc2ccc(C)nc2)CC1. The summed E-state index contributed by atoms with van der Waals surface area (Å²) in [4.78, 5) is 18.4. The first-order valence-corrected chi connectivity index (χ1v) is 7.39. The van der Waals surface area contributed by atoms with E-state index in [-0.39, 0.29) is 17.9 Å². The van der Waals surface area contributed by atoms with Crippen LogP contribution in [-0.4, -0.2) is 40.6 Å². The maximum Gasteiger partial charge on any atom is 0.227 e. The minimum Gasteiger partial charge on any atom is -0.396 e. The largest absolute Gasteiger partial charge is 0.396 e. The fourth-order valence-corrected chi connectivity index (χ4v) is 2.74. The van der Waals surface area contributed by atoms with Crippen molar-refractivity contribution in [3.05, 3.63) is 29.6 Å². The molecule has 0 spiro atoms. The Morgan fingerprint density at radius 1 is 1.40 bits per heavy atom. The lowest BCUT2D eigenvalue weighted by Gasteiger charge is -2.40. The first-order valence-electron chi connectivity index (χ1n) is 7.39. The van der Waals surface area contributed by atoms with Gasteiger partial charge in [-0.25, -0.2) is 0 Å². The van der Waals surface area contributed by atoms with Crippen molar-refractivity contribution >= 4 is 5.91 Å². The molecule has 0 unspecified atom stereocenters. The van der Waals surface area contributed by atoms with Gasteiger partial charge in [-0.1, -0.05) is 13.0 Å². The van der Waals surface area contributed by atoms with Crippen molar-refractivity contribution in [3.63, 3.8) is 0 Å². The molecule has 0 atom stereocenters. The van der Waals surface area contributed by atoms with Crippen molar-refractivity contribution in [2.75, 3.05) is 19.7 Å². The summed E-state index contributed by atoms with van der Waals surface area (Å²) in [5.41, 5.74) is 1.97. The van der Waals surface area contributed by atoms with E-state index in [0.29, 0.717) is 6.42 Å². The molecule has 1 N–H and O–H groups in total. The van der Waals surface area contributed by atoms with Gasteiger partial charge in [0.15, 0.2) is 0 Å². The highest BCUT2D eigenvalue weighted by atomic mass is 16.3. The summed E-state index contributed by atoms with van der Waals surface area (Å²) < 4.78 is 0. The van der Waals surface area contributed by atoms with Crippen molar-refractivity contribution in [1.82, 2.24) is 9.88 Å². The first-order chi connectivity index (χ1) is 9.58. The molecule has 4 heteroatoms. The number of piperidine rings is 1. The fraction of sp³-hybridized carbons (Fsp3) is 0.625. The predicted octanol–water partition coefficient (Wildman–Crippen LogP) is 1.94. The molecule has 1 aromatic rings. The summed E-state index contributed by atoms with van der Waals surface area (Å²) in [7, 11) is 0. The van der Waals surface area contributed by atoms with Gasteiger partial charge >= 0.3 is 0 Å². The zero-order valence-corrected chi connectivity index (χ0v) is 12.4. The number of hydrogen-bond donors (Lipinski definition) is 1. The summed E-state index contributed by atoms with van der Waals surface area (Å²) >= 11 is 0. The maximum absolute atomic E-state index is 12.3. The van der Waals surface area contributed by atoms with E-state index < -0.39 is 0 Å². The number of amides is 1. The second-order valence-electron chi connectivity index (χ2n) is 5.88. The van der Waals surface area contributed by atoms with Crippen molar-refractivity contribution in [2.45, 2.75) is 39.5 Å². The quantitative estimate of drug-likeness (QED) is 0.914. The second kappa shape index (κ2) is 6.35. The van der Waals surface area contributed by atoms with Crippen molar-refractivity contribution in [2.24, 2.45) is 5.41 Å². The van der Waals surface area contributed by atoms with Gasteiger partial charge in [-0.05, 0) is 43.2 Å². The van der Waals surface area contributed by atoms with Gasteiger partial charge in [0, 0.05) is 31.6 Å². The number of aliphatic hydroxyl groups excluding tert-OH is 1. The van der Waals surface area contributed by atoms with Crippen LogP contribution in [-0.2, 0) is 11.2 Å². The molecule has 1 fully saturated rings. The average molecular weight is 276 g/mol. The van der Waals surface area contributed by atoms with E-state index in [4.69, 9.17) is 0 Å². The Hall–Kier alpha value is -1.42. The molecule has 2 heterocycles. The molecule has 110 valence electrons. The van der Waals surface area contributed by atoms with Gasteiger partial charge in [0.2, 0.25) is 5.91 Å². The molecule has 1 aliphatic rings. The fourth-order valence-electron chi connectivity index (χ4n) is 2.74. The van der Waals surface area contributed by atoms with E-state index in [9.17, 15) is 9.90 Å². The van der Waals surface area contributed by atoms with Crippen LogP contribution in [0.3, 0.4) is 0 Å². The monoisotopic (exact) mass is 276 g/mol.